The van der Waals surface area contributed by atoms with Gasteiger partial charge in [0.1, 0.15) is 11.6 Å². The molecule has 6 nitrogen and oxygen atoms in total. The second-order valence-corrected chi connectivity index (χ2v) is 7.57. The molecule has 0 atom stereocenters. The molecule has 4 rings (SSSR count). The van der Waals surface area contributed by atoms with Crippen LogP contribution in [0.5, 0.6) is 5.75 Å². The monoisotopic (exact) mass is 455 g/mol. The fourth-order valence-electron chi connectivity index (χ4n) is 3.16. The quantitative estimate of drug-likeness (QED) is 0.527. The summed E-state index contributed by atoms with van der Waals surface area (Å²) in [5.41, 5.74) is 7.90. The molecule has 0 radical (unpaired) electrons. The molecule has 1 aliphatic heterocycles. The minimum Gasteiger partial charge on any atom is -0.497 e. The van der Waals surface area contributed by atoms with Crippen LogP contribution in [0, 0.1) is 0 Å². The van der Waals surface area contributed by atoms with Crippen molar-refractivity contribution in [3.8, 4) is 5.75 Å². The molecule has 0 saturated carbocycles. The van der Waals surface area contributed by atoms with Crippen molar-refractivity contribution in [1.82, 2.24) is 15.3 Å². The van der Waals surface area contributed by atoms with Gasteiger partial charge in [-0.1, -0.05) is 30.3 Å². The highest BCUT2D eigenvalue weighted by Crippen LogP contribution is 2.26. The molecule has 29 heavy (non-hydrogen) atoms. The van der Waals surface area contributed by atoms with Gasteiger partial charge in [0.15, 0.2) is 0 Å². The lowest BCUT2D eigenvalue weighted by Crippen LogP contribution is -2.26. The van der Waals surface area contributed by atoms with E-state index in [0.29, 0.717) is 5.82 Å². The van der Waals surface area contributed by atoms with Crippen LogP contribution in [0.2, 0.25) is 0 Å². The smallest absolute Gasteiger partial charge is 0.222 e. The van der Waals surface area contributed by atoms with E-state index in [1.54, 1.807) is 13.3 Å². The van der Waals surface area contributed by atoms with Gasteiger partial charge in [-0.3, -0.25) is 0 Å². The Morgan fingerprint density at radius 3 is 2.41 bits per heavy atom. The highest BCUT2D eigenvalue weighted by Gasteiger charge is 2.14. The number of benzene rings is 2. The molecule has 3 aromatic rings. The van der Waals surface area contributed by atoms with Crippen molar-refractivity contribution in [3.05, 3.63) is 70.8 Å². The average molecular weight is 456 g/mol. The first kappa shape index (κ1) is 21.1. The van der Waals surface area contributed by atoms with Gasteiger partial charge in [0.25, 0.3) is 0 Å². The number of anilines is 3. The molecule has 1 aromatic heterocycles. The summed E-state index contributed by atoms with van der Waals surface area (Å²) in [6, 6.07) is 18.2. The number of nitrogen functional groups attached to an aromatic ring is 1. The maximum absolute atomic E-state index is 5.50. The number of methoxy groups -OCH3 is 1. The highest BCUT2D eigenvalue weighted by atomic mass is 79.9. The number of hydrogen-bond acceptors (Lipinski definition) is 6. The van der Waals surface area contributed by atoms with E-state index in [2.05, 4.69) is 60.8 Å². The first-order valence-corrected chi connectivity index (χ1v) is 10.4. The summed E-state index contributed by atoms with van der Waals surface area (Å²) >= 11 is 3.34. The second-order valence-electron chi connectivity index (χ2n) is 6.71. The van der Waals surface area contributed by atoms with Crippen LogP contribution in [-0.4, -0.2) is 30.2 Å². The molecule has 1 saturated heterocycles. The molecule has 0 amide bonds. The van der Waals surface area contributed by atoms with Crippen molar-refractivity contribution < 1.29 is 4.74 Å². The van der Waals surface area contributed by atoms with Crippen molar-refractivity contribution in [2.75, 3.05) is 31.2 Å². The van der Waals surface area contributed by atoms with E-state index in [1.165, 1.54) is 18.4 Å². The summed E-state index contributed by atoms with van der Waals surface area (Å²) < 4.78 is 5.92. The summed E-state index contributed by atoms with van der Waals surface area (Å²) in [4.78, 5) is 7.94. The zero-order valence-corrected chi connectivity index (χ0v) is 18.0. The standard InChI is InChI=1S/C12H17NO.C10H9BrN4/c1-14-12-4-2-10(3-5-12)11-6-8-13-9-7-11;11-8-6-13-10(12)15-9(8)14-7-4-2-1-3-5-7/h2-5,11,13H,6-9H2,1H3;1-6H,(H3,12,13,14,15). The molecule has 7 heteroatoms. The van der Waals surface area contributed by atoms with Crippen molar-refractivity contribution >= 4 is 33.4 Å². The van der Waals surface area contributed by atoms with Gasteiger partial charge in [-0.2, -0.15) is 4.98 Å². The van der Waals surface area contributed by atoms with Crippen LogP contribution in [0.25, 0.3) is 0 Å². The highest BCUT2D eigenvalue weighted by molar-refractivity contribution is 9.10. The Morgan fingerprint density at radius 2 is 1.76 bits per heavy atom. The SMILES string of the molecule is COc1ccc(C2CCNCC2)cc1.Nc1ncc(Br)c(Nc2ccccc2)n1. The Morgan fingerprint density at radius 1 is 1.07 bits per heavy atom. The van der Waals surface area contributed by atoms with Crippen LogP contribution in [0.1, 0.15) is 24.3 Å². The Kier molecular flexibility index (Phi) is 7.84. The Balaban J connectivity index is 0.000000166. The summed E-state index contributed by atoms with van der Waals surface area (Å²) in [5.74, 6) is 2.59. The third-order valence-corrected chi connectivity index (χ3v) is 5.31. The zero-order chi connectivity index (χ0) is 20.5. The summed E-state index contributed by atoms with van der Waals surface area (Å²) in [5, 5.41) is 6.52. The van der Waals surface area contributed by atoms with E-state index in [-0.39, 0.29) is 5.95 Å². The van der Waals surface area contributed by atoms with Crippen LogP contribution >= 0.6 is 15.9 Å². The molecule has 4 N–H and O–H groups in total. The van der Waals surface area contributed by atoms with Crippen molar-refractivity contribution in [2.45, 2.75) is 18.8 Å². The summed E-state index contributed by atoms with van der Waals surface area (Å²) in [7, 11) is 1.71. The van der Waals surface area contributed by atoms with Gasteiger partial charge in [0, 0.05) is 11.9 Å². The van der Waals surface area contributed by atoms with Crippen LogP contribution in [0.15, 0.2) is 65.3 Å². The van der Waals surface area contributed by atoms with Crippen LogP contribution < -0.4 is 21.1 Å². The number of nitrogens with zero attached hydrogens (tertiary/aromatic N) is 2. The van der Waals surface area contributed by atoms with Gasteiger partial charge < -0.3 is 21.1 Å². The molecule has 2 aromatic carbocycles. The van der Waals surface area contributed by atoms with Gasteiger partial charge in [-0.25, -0.2) is 4.98 Å². The van der Waals surface area contributed by atoms with Crippen LogP contribution in [0.4, 0.5) is 17.5 Å². The summed E-state index contributed by atoms with van der Waals surface area (Å²) in [6.07, 6.45) is 4.13. The predicted molar refractivity (Wildman–Crippen MR) is 122 cm³/mol. The van der Waals surface area contributed by atoms with E-state index in [9.17, 15) is 0 Å². The number of aromatic nitrogens is 2. The Labute approximate surface area is 180 Å². The normalized spacial score (nSPS) is 13.9. The van der Waals surface area contributed by atoms with Gasteiger partial charge in [0.2, 0.25) is 5.95 Å². The molecule has 0 spiro atoms. The minimum atomic E-state index is 0.247. The number of ether oxygens (including phenoxy) is 1. The molecular formula is C22H26BrN5O. The number of rotatable bonds is 4. The second kappa shape index (κ2) is 10.8. The number of para-hydroxylation sites is 1. The molecule has 0 aliphatic carbocycles. The number of nitrogens with two attached hydrogens (primary N) is 1. The molecule has 0 unspecified atom stereocenters. The fourth-order valence-corrected chi connectivity index (χ4v) is 3.45. The first-order valence-electron chi connectivity index (χ1n) is 9.60. The molecule has 2 heterocycles. The molecular weight excluding hydrogens is 430 g/mol. The third-order valence-electron chi connectivity index (χ3n) is 4.73. The maximum Gasteiger partial charge on any atom is 0.222 e. The lowest BCUT2D eigenvalue weighted by atomic mass is 9.90. The zero-order valence-electron chi connectivity index (χ0n) is 16.4. The van der Waals surface area contributed by atoms with Crippen molar-refractivity contribution in [3.63, 3.8) is 0 Å². The molecule has 0 bridgehead atoms. The van der Waals surface area contributed by atoms with Gasteiger partial charge in [0.05, 0.1) is 11.6 Å². The van der Waals surface area contributed by atoms with Crippen molar-refractivity contribution in [1.29, 1.82) is 0 Å². The Bertz CT molecular complexity index is 883. The lowest BCUT2D eigenvalue weighted by molar-refractivity contribution is 0.413. The first-order chi connectivity index (χ1) is 14.2. The lowest BCUT2D eigenvalue weighted by Gasteiger charge is -2.22. The molecule has 1 fully saturated rings. The summed E-state index contributed by atoms with van der Waals surface area (Å²) in [6.45, 7) is 2.30. The number of piperidine rings is 1. The van der Waals surface area contributed by atoms with Crippen LogP contribution in [-0.2, 0) is 0 Å². The van der Waals surface area contributed by atoms with Gasteiger partial charge in [-0.15, -0.1) is 0 Å². The van der Waals surface area contributed by atoms with Gasteiger partial charge >= 0.3 is 0 Å². The fraction of sp³-hybridized carbons (Fsp3) is 0.273. The number of hydrogen-bond donors (Lipinski definition) is 3. The number of halogens is 1. The van der Waals surface area contributed by atoms with E-state index in [0.717, 1.165) is 34.9 Å². The van der Waals surface area contributed by atoms with E-state index < -0.39 is 0 Å². The predicted octanol–water partition coefficient (Wildman–Crippen LogP) is 4.73. The third kappa shape index (κ3) is 6.44. The largest absolute Gasteiger partial charge is 0.497 e. The maximum atomic E-state index is 5.50. The molecule has 152 valence electrons. The van der Waals surface area contributed by atoms with E-state index in [4.69, 9.17) is 10.5 Å². The van der Waals surface area contributed by atoms with E-state index >= 15 is 0 Å². The van der Waals surface area contributed by atoms with Gasteiger partial charge in [-0.05, 0) is 77.6 Å². The topological polar surface area (TPSA) is 85.1 Å². The van der Waals surface area contributed by atoms with Crippen LogP contribution in [0.3, 0.4) is 0 Å². The number of nitrogens with one attached hydrogen (secondary N) is 2. The minimum absolute atomic E-state index is 0.247. The van der Waals surface area contributed by atoms with Crippen molar-refractivity contribution in [2.24, 2.45) is 0 Å². The molecule has 1 aliphatic rings. The Hall–Kier alpha value is -2.64. The average Bonchev–Trinajstić information content (AvgIpc) is 2.78. The van der Waals surface area contributed by atoms with E-state index in [1.807, 2.05) is 30.3 Å².